The molecule has 0 unspecified atom stereocenters. The lowest BCUT2D eigenvalue weighted by Gasteiger charge is -2.14. The molecule has 0 amide bonds. The number of benzene rings is 2. The Morgan fingerprint density at radius 1 is 1.15 bits per heavy atom. The second-order valence-corrected chi connectivity index (χ2v) is 6.85. The van der Waals surface area contributed by atoms with Gasteiger partial charge in [0.05, 0.1) is 25.0 Å². The van der Waals surface area contributed by atoms with E-state index in [4.69, 9.17) is 9.84 Å². The van der Waals surface area contributed by atoms with Crippen molar-refractivity contribution in [3.8, 4) is 16.9 Å². The zero-order valence-corrected chi connectivity index (χ0v) is 16.3. The van der Waals surface area contributed by atoms with Crippen LogP contribution in [-0.4, -0.2) is 41.4 Å². The third kappa shape index (κ3) is 4.44. The van der Waals surface area contributed by atoms with Gasteiger partial charge in [-0.05, 0) is 38.1 Å². The lowest BCUT2D eigenvalue weighted by Crippen LogP contribution is -2.26. The maximum Gasteiger partial charge on any atom is 0.319 e. The topological polar surface area (TPSA) is 47.4 Å². The number of nitrogens with zero attached hydrogens (tertiary/aromatic N) is 3. The van der Waals surface area contributed by atoms with Gasteiger partial charge < -0.3 is 4.74 Å². The Balaban J connectivity index is 2.01. The molecule has 0 aliphatic heterocycles. The number of rotatable bonds is 6. The van der Waals surface area contributed by atoms with Crippen molar-refractivity contribution in [1.29, 1.82) is 0 Å². The summed E-state index contributed by atoms with van der Waals surface area (Å²) in [5.74, 6) is -0.249. The number of esters is 1. The van der Waals surface area contributed by atoms with Gasteiger partial charge in [0.2, 0.25) is 0 Å². The van der Waals surface area contributed by atoms with Gasteiger partial charge in [-0.3, -0.25) is 9.69 Å². The molecular weight excluding hydrogens is 338 g/mol. The van der Waals surface area contributed by atoms with Gasteiger partial charge in [-0.2, -0.15) is 5.10 Å². The molecule has 5 heteroatoms. The Bertz CT molecular complexity index is 932. The van der Waals surface area contributed by atoms with E-state index in [-0.39, 0.29) is 12.5 Å². The van der Waals surface area contributed by atoms with Gasteiger partial charge in [0, 0.05) is 23.9 Å². The van der Waals surface area contributed by atoms with Crippen LogP contribution in [0.25, 0.3) is 16.9 Å². The molecule has 0 fully saturated rings. The summed E-state index contributed by atoms with van der Waals surface area (Å²) in [6.07, 6.45) is 2.05. The van der Waals surface area contributed by atoms with Crippen molar-refractivity contribution in [2.45, 2.75) is 20.4 Å². The molecule has 3 rings (SSSR count). The Morgan fingerprint density at radius 3 is 2.59 bits per heavy atom. The number of aromatic nitrogens is 2. The predicted molar refractivity (Wildman–Crippen MR) is 107 cm³/mol. The predicted octanol–water partition coefficient (Wildman–Crippen LogP) is 3.76. The van der Waals surface area contributed by atoms with Gasteiger partial charge in [0.25, 0.3) is 0 Å². The van der Waals surface area contributed by atoms with E-state index in [9.17, 15) is 4.79 Å². The third-order valence-corrected chi connectivity index (χ3v) is 4.52. The van der Waals surface area contributed by atoms with Gasteiger partial charge in [0.1, 0.15) is 0 Å². The second kappa shape index (κ2) is 8.18. The first-order chi connectivity index (χ1) is 13.0. The second-order valence-electron chi connectivity index (χ2n) is 6.85. The zero-order chi connectivity index (χ0) is 19.4. The van der Waals surface area contributed by atoms with Crippen molar-refractivity contribution in [3.63, 3.8) is 0 Å². The number of methoxy groups -OCH3 is 1. The summed E-state index contributed by atoms with van der Waals surface area (Å²) in [4.78, 5) is 13.5. The molecule has 0 N–H and O–H groups in total. The summed E-state index contributed by atoms with van der Waals surface area (Å²) in [6, 6.07) is 16.5. The average molecular weight is 363 g/mol. The Morgan fingerprint density at radius 2 is 1.89 bits per heavy atom. The first-order valence-electron chi connectivity index (χ1n) is 8.95. The number of carbonyl (C=O) groups excluding carboxylic acids is 1. The van der Waals surface area contributed by atoms with Crippen molar-refractivity contribution < 1.29 is 9.53 Å². The molecular formula is C22H25N3O2. The van der Waals surface area contributed by atoms with Crippen LogP contribution >= 0.6 is 0 Å². The fourth-order valence-corrected chi connectivity index (χ4v) is 3.09. The highest BCUT2D eigenvalue weighted by atomic mass is 16.5. The molecule has 0 radical (unpaired) electrons. The number of hydrogen-bond acceptors (Lipinski definition) is 4. The van der Waals surface area contributed by atoms with Crippen molar-refractivity contribution >= 4 is 5.97 Å². The fraction of sp³-hybridized carbons (Fsp3) is 0.273. The summed E-state index contributed by atoms with van der Waals surface area (Å²) < 4.78 is 6.71. The molecule has 27 heavy (non-hydrogen) atoms. The lowest BCUT2D eigenvalue weighted by molar-refractivity contribution is -0.141. The smallest absolute Gasteiger partial charge is 0.319 e. The maximum absolute atomic E-state index is 11.6. The van der Waals surface area contributed by atoms with Gasteiger partial charge in [-0.1, -0.05) is 42.5 Å². The zero-order valence-electron chi connectivity index (χ0n) is 16.3. The highest BCUT2D eigenvalue weighted by Gasteiger charge is 2.16. The molecule has 5 nitrogen and oxygen atoms in total. The van der Waals surface area contributed by atoms with E-state index < -0.39 is 0 Å². The monoisotopic (exact) mass is 363 g/mol. The first-order valence-corrected chi connectivity index (χ1v) is 8.95. The number of hydrogen-bond donors (Lipinski definition) is 0. The Kier molecular flexibility index (Phi) is 5.72. The molecule has 0 spiro atoms. The van der Waals surface area contributed by atoms with E-state index in [0.717, 1.165) is 28.1 Å². The van der Waals surface area contributed by atoms with Crippen molar-refractivity contribution in [1.82, 2.24) is 14.7 Å². The van der Waals surface area contributed by atoms with Gasteiger partial charge in [-0.25, -0.2) is 4.68 Å². The summed E-state index contributed by atoms with van der Waals surface area (Å²) in [5, 5.41) is 4.88. The largest absolute Gasteiger partial charge is 0.468 e. The summed E-state index contributed by atoms with van der Waals surface area (Å²) in [6.45, 7) is 5.00. The average Bonchev–Trinajstić information content (AvgIpc) is 3.07. The fourth-order valence-electron chi connectivity index (χ4n) is 3.09. The standard InChI is InChI=1S/C22H25N3O2/c1-16-10-11-17(2)20(12-16)25-14-19(13-24(3)15-21(26)27-4)22(23-25)18-8-6-5-7-9-18/h5-12,14H,13,15H2,1-4H3. The van der Waals surface area contributed by atoms with Crippen molar-refractivity contribution in [2.24, 2.45) is 0 Å². The van der Waals surface area contributed by atoms with E-state index in [2.05, 4.69) is 50.4 Å². The van der Waals surface area contributed by atoms with Crippen LogP contribution in [0, 0.1) is 13.8 Å². The van der Waals surface area contributed by atoms with Crippen LogP contribution in [0.3, 0.4) is 0 Å². The molecule has 0 saturated heterocycles. The minimum absolute atomic E-state index is 0.235. The molecule has 2 aromatic carbocycles. The summed E-state index contributed by atoms with van der Waals surface area (Å²) in [7, 11) is 3.31. The minimum Gasteiger partial charge on any atom is -0.468 e. The molecule has 0 bridgehead atoms. The van der Waals surface area contributed by atoms with E-state index in [1.54, 1.807) is 0 Å². The highest BCUT2D eigenvalue weighted by Crippen LogP contribution is 2.26. The number of ether oxygens (including phenoxy) is 1. The lowest BCUT2D eigenvalue weighted by atomic mass is 10.1. The Labute approximate surface area is 160 Å². The van der Waals surface area contributed by atoms with Crippen molar-refractivity contribution in [2.75, 3.05) is 20.7 Å². The number of likely N-dealkylation sites (N-methyl/N-ethyl adjacent to an activating group) is 1. The van der Waals surface area contributed by atoms with Crippen LogP contribution in [0.1, 0.15) is 16.7 Å². The van der Waals surface area contributed by atoms with Crippen molar-refractivity contribution in [3.05, 3.63) is 71.4 Å². The van der Waals surface area contributed by atoms with E-state index in [1.807, 2.05) is 34.8 Å². The van der Waals surface area contributed by atoms with Gasteiger partial charge in [-0.15, -0.1) is 0 Å². The molecule has 0 saturated carbocycles. The van der Waals surface area contributed by atoms with Gasteiger partial charge in [0.15, 0.2) is 0 Å². The normalized spacial score (nSPS) is 11.0. The molecule has 0 atom stereocenters. The van der Waals surface area contributed by atoms with Crippen LogP contribution in [0.2, 0.25) is 0 Å². The molecule has 0 aliphatic rings. The van der Waals surface area contributed by atoms with Crippen LogP contribution < -0.4 is 0 Å². The molecule has 1 heterocycles. The summed E-state index contributed by atoms with van der Waals surface area (Å²) >= 11 is 0. The maximum atomic E-state index is 11.6. The molecule has 3 aromatic rings. The van der Waals surface area contributed by atoms with Crippen LogP contribution in [-0.2, 0) is 16.1 Å². The first kappa shape index (κ1) is 18.9. The molecule has 0 aliphatic carbocycles. The van der Waals surface area contributed by atoms with E-state index in [0.29, 0.717) is 6.54 Å². The number of carbonyl (C=O) groups is 1. The number of aryl methyl sites for hydroxylation is 2. The highest BCUT2D eigenvalue weighted by molar-refractivity contribution is 5.71. The summed E-state index contributed by atoms with van der Waals surface area (Å²) in [5.41, 5.74) is 6.47. The van der Waals surface area contributed by atoms with E-state index in [1.165, 1.54) is 12.7 Å². The third-order valence-electron chi connectivity index (χ3n) is 4.52. The Hall–Kier alpha value is -2.92. The minimum atomic E-state index is -0.249. The van der Waals surface area contributed by atoms with Gasteiger partial charge >= 0.3 is 5.97 Å². The van der Waals surface area contributed by atoms with Crippen LogP contribution in [0.15, 0.2) is 54.7 Å². The molecule has 140 valence electrons. The molecule has 1 aromatic heterocycles. The van der Waals surface area contributed by atoms with E-state index >= 15 is 0 Å². The van der Waals surface area contributed by atoms with Crippen LogP contribution in [0.4, 0.5) is 0 Å². The quantitative estimate of drug-likeness (QED) is 0.626. The van der Waals surface area contributed by atoms with Crippen LogP contribution in [0.5, 0.6) is 0 Å². The SMILES string of the molecule is COC(=O)CN(C)Cc1cn(-c2cc(C)ccc2C)nc1-c1ccccc1.